The van der Waals surface area contributed by atoms with Gasteiger partial charge in [-0.1, -0.05) is 22.7 Å². The zero-order valence-electron chi connectivity index (χ0n) is 10.9. The number of nitro groups is 1. The predicted molar refractivity (Wildman–Crippen MR) is 76.0 cm³/mol. The van der Waals surface area contributed by atoms with Gasteiger partial charge in [-0.25, -0.2) is 0 Å². The first-order chi connectivity index (χ1) is 10.0. The number of carbonyl (C=O) groups is 1. The summed E-state index contributed by atoms with van der Waals surface area (Å²) in [6.45, 7) is 0.379. The van der Waals surface area contributed by atoms with Crippen molar-refractivity contribution < 1.29 is 9.72 Å². The number of amides is 1. The summed E-state index contributed by atoms with van der Waals surface area (Å²) in [6, 6.07) is 6.85. The zero-order chi connectivity index (χ0) is 15.2. The lowest BCUT2D eigenvalue weighted by Crippen LogP contribution is -2.12. The molecule has 0 saturated heterocycles. The van der Waals surface area contributed by atoms with Crippen LogP contribution in [0.2, 0.25) is 5.02 Å². The summed E-state index contributed by atoms with van der Waals surface area (Å²) in [7, 11) is 0. The van der Waals surface area contributed by atoms with E-state index in [-0.39, 0.29) is 12.3 Å². The number of nitrogens with zero attached hydrogens (tertiary/aromatic N) is 4. The summed E-state index contributed by atoms with van der Waals surface area (Å²) in [5.41, 5.74) is 0.629. The lowest BCUT2D eigenvalue weighted by atomic mass is 10.2. The second kappa shape index (κ2) is 6.80. The molecular weight excluding hydrogens is 298 g/mol. The minimum absolute atomic E-state index is 0.160. The molecule has 0 spiro atoms. The number of hydrogen-bond acceptors (Lipinski definition) is 5. The second-order valence-corrected chi connectivity index (χ2v) is 4.66. The molecule has 110 valence electrons. The fraction of sp³-hybridized carbons (Fsp3) is 0.250. The molecule has 1 aromatic carbocycles. The van der Waals surface area contributed by atoms with Gasteiger partial charge in [0.1, 0.15) is 0 Å². The van der Waals surface area contributed by atoms with Crippen LogP contribution in [0.3, 0.4) is 0 Å². The van der Waals surface area contributed by atoms with E-state index in [1.807, 2.05) is 0 Å². The van der Waals surface area contributed by atoms with Crippen molar-refractivity contribution in [2.24, 2.45) is 0 Å². The highest BCUT2D eigenvalue weighted by atomic mass is 35.5. The van der Waals surface area contributed by atoms with Crippen LogP contribution in [-0.2, 0) is 11.3 Å². The smallest absolute Gasteiger partial charge is 0.390 e. The highest BCUT2D eigenvalue weighted by Gasteiger charge is 2.13. The molecule has 2 aromatic rings. The number of halogens is 1. The molecule has 8 nitrogen and oxygen atoms in total. The molecule has 1 amide bonds. The molecule has 21 heavy (non-hydrogen) atoms. The molecule has 0 radical (unpaired) electrons. The van der Waals surface area contributed by atoms with Crippen molar-refractivity contribution in [1.29, 1.82) is 0 Å². The number of aryl methyl sites for hydroxylation is 1. The Morgan fingerprint density at radius 1 is 1.48 bits per heavy atom. The Morgan fingerprint density at radius 3 is 2.95 bits per heavy atom. The number of aromatic nitrogens is 3. The largest absolute Gasteiger partial charge is 0.490 e. The molecule has 0 fully saturated rings. The number of nitrogens with one attached hydrogen (secondary N) is 1. The molecule has 2 rings (SSSR count). The van der Waals surface area contributed by atoms with Gasteiger partial charge in [0.05, 0.1) is 6.54 Å². The standard InChI is InChI=1S/C12H12ClN5O3/c13-9-3-1-4-10(7-9)15-11(19)5-2-6-17-8-14-12(16-17)18(20)21/h1,3-4,7-8H,2,5-6H2,(H,15,19). The summed E-state index contributed by atoms with van der Waals surface area (Å²) in [6.07, 6.45) is 2.03. The molecule has 1 aromatic heterocycles. The normalized spacial score (nSPS) is 10.3. The maximum absolute atomic E-state index is 11.7. The Hall–Kier alpha value is -2.48. The van der Waals surface area contributed by atoms with E-state index in [1.165, 1.54) is 11.0 Å². The van der Waals surface area contributed by atoms with Crippen LogP contribution in [0.4, 0.5) is 11.6 Å². The van der Waals surface area contributed by atoms with Crippen molar-refractivity contribution in [3.05, 3.63) is 45.7 Å². The van der Waals surface area contributed by atoms with Gasteiger partial charge < -0.3 is 15.4 Å². The maximum Gasteiger partial charge on any atom is 0.490 e. The third kappa shape index (κ3) is 4.53. The lowest BCUT2D eigenvalue weighted by molar-refractivity contribution is -0.394. The topological polar surface area (TPSA) is 103 Å². The third-order valence-electron chi connectivity index (χ3n) is 2.59. The van der Waals surface area contributed by atoms with Gasteiger partial charge in [-0.15, -0.1) is 0 Å². The molecule has 1 N–H and O–H groups in total. The Morgan fingerprint density at radius 2 is 2.29 bits per heavy atom. The molecule has 0 aliphatic heterocycles. The summed E-state index contributed by atoms with van der Waals surface area (Å²) in [4.78, 5) is 25.0. The van der Waals surface area contributed by atoms with Crippen molar-refractivity contribution in [3.63, 3.8) is 0 Å². The Kier molecular flexibility index (Phi) is 4.83. The number of benzene rings is 1. The maximum atomic E-state index is 11.7. The summed E-state index contributed by atoms with van der Waals surface area (Å²) < 4.78 is 1.34. The Labute approximate surface area is 124 Å². The molecule has 0 aliphatic rings. The Balaban J connectivity index is 1.77. The molecule has 0 aliphatic carbocycles. The minimum atomic E-state index is -0.664. The van der Waals surface area contributed by atoms with Gasteiger partial charge in [-0.3, -0.25) is 4.79 Å². The fourth-order valence-corrected chi connectivity index (χ4v) is 1.86. The van der Waals surface area contributed by atoms with E-state index in [0.29, 0.717) is 23.7 Å². The Bertz CT molecular complexity index is 658. The first-order valence-electron chi connectivity index (χ1n) is 6.14. The third-order valence-corrected chi connectivity index (χ3v) is 2.82. The van der Waals surface area contributed by atoms with Crippen molar-refractivity contribution >= 4 is 29.1 Å². The van der Waals surface area contributed by atoms with E-state index in [2.05, 4.69) is 15.4 Å². The van der Waals surface area contributed by atoms with Gasteiger partial charge >= 0.3 is 5.95 Å². The van der Waals surface area contributed by atoms with Gasteiger partial charge in [0.15, 0.2) is 0 Å². The summed E-state index contributed by atoms with van der Waals surface area (Å²) >= 11 is 5.82. The highest BCUT2D eigenvalue weighted by molar-refractivity contribution is 6.30. The summed E-state index contributed by atoms with van der Waals surface area (Å²) in [5, 5.41) is 17.3. The quantitative estimate of drug-likeness (QED) is 0.651. The molecule has 0 saturated carbocycles. The van der Waals surface area contributed by atoms with Crippen LogP contribution in [0, 0.1) is 10.1 Å². The lowest BCUT2D eigenvalue weighted by Gasteiger charge is -2.04. The van der Waals surface area contributed by atoms with Crippen LogP contribution < -0.4 is 5.32 Å². The van der Waals surface area contributed by atoms with Crippen LogP contribution >= 0.6 is 11.6 Å². The van der Waals surface area contributed by atoms with E-state index in [0.717, 1.165) is 0 Å². The van der Waals surface area contributed by atoms with Crippen LogP contribution in [-0.4, -0.2) is 25.6 Å². The van der Waals surface area contributed by atoms with Crippen LogP contribution in [0.1, 0.15) is 12.8 Å². The SMILES string of the molecule is O=C(CCCn1cnc([N+](=O)[O-])n1)Nc1cccc(Cl)c1. The predicted octanol–water partition coefficient (Wildman–Crippen LogP) is 2.26. The molecule has 9 heteroatoms. The van der Waals surface area contributed by atoms with Gasteiger partial charge in [-0.2, -0.15) is 4.68 Å². The minimum Gasteiger partial charge on any atom is -0.390 e. The van der Waals surface area contributed by atoms with Crippen molar-refractivity contribution in [2.75, 3.05) is 5.32 Å². The van der Waals surface area contributed by atoms with Crippen molar-refractivity contribution in [1.82, 2.24) is 14.8 Å². The van der Waals surface area contributed by atoms with Crippen molar-refractivity contribution in [3.8, 4) is 0 Å². The fourth-order valence-electron chi connectivity index (χ4n) is 1.67. The molecule has 1 heterocycles. The van der Waals surface area contributed by atoms with E-state index in [1.54, 1.807) is 24.3 Å². The van der Waals surface area contributed by atoms with Crippen LogP contribution in [0.5, 0.6) is 0 Å². The van der Waals surface area contributed by atoms with E-state index >= 15 is 0 Å². The van der Waals surface area contributed by atoms with Crippen molar-refractivity contribution in [2.45, 2.75) is 19.4 Å². The number of rotatable bonds is 6. The number of anilines is 1. The number of carbonyl (C=O) groups excluding carboxylic acids is 1. The summed E-state index contributed by atoms with van der Waals surface area (Å²) in [5.74, 6) is -0.606. The van der Waals surface area contributed by atoms with Gasteiger partial charge in [0.2, 0.25) is 12.2 Å². The van der Waals surface area contributed by atoms with E-state index < -0.39 is 10.9 Å². The highest BCUT2D eigenvalue weighted by Crippen LogP contribution is 2.15. The average Bonchev–Trinajstić information content (AvgIpc) is 2.87. The first kappa shape index (κ1) is 14.9. The molecular formula is C12H12ClN5O3. The van der Waals surface area contributed by atoms with Crippen LogP contribution in [0.25, 0.3) is 0 Å². The second-order valence-electron chi connectivity index (χ2n) is 4.23. The monoisotopic (exact) mass is 309 g/mol. The average molecular weight is 310 g/mol. The zero-order valence-corrected chi connectivity index (χ0v) is 11.7. The van der Waals surface area contributed by atoms with E-state index in [4.69, 9.17) is 11.6 Å². The van der Waals surface area contributed by atoms with Crippen LogP contribution in [0.15, 0.2) is 30.6 Å². The first-order valence-corrected chi connectivity index (χ1v) is 6.51. The van der Waals surface area contributed by atoms with E-state index in [9.17, 15) is 14.9 Å². The molecule has 0 bridgehead atoms. The number of hydrogen-bond donors (Lipinski definition) is 1. The molecule has 0 unspecified atom stereocenters. The van der Waals surface area contributed by atoms with Gasteiger partial charge in [0.25, 0.3) is 0 Å². The van der Waals surface area contributed by atoms with Gasteiger partial charge in [-0.05, 0) is 29.5 Å². The molecule has 0 atom stereocenters. The van der Waals surface area contributed by atoms with Gasteiger partial charge in [0, 0.05) is 22.2 Å².